The van der Waals surface area contributed by atoms with Gasteiger partial charge >= 0.3 is 11.9 Å². The van der Waals surface area contributed by atoms with Crippen LogP contribution in [0.2, 0.25) is 0 Å². The van der Waals surface area contributed by atoms with Crippen molar-refractivity contribution in [2.75, 3.05) is 11.5 Å². The molecule has 9 nitrogen and oxygen atoms in total. The maximum absolute atomic E-state index is 11.9. The van der Waals surface area contributed by atoms with Crippen LogP contribution in [0.5, 0.6) is 0 Å². The van der Waals surface area contributed by atoms with Crippen molar-refractivity contribution in [2.24, 2.45) is 17.4 Å². The highest BCUT2D eigenvalue weighted by Gasteiger charge is 2.40. The van der Waals surface area contributed by atoms with Gasteiger partial charge in [0.1, 0.15) is 30.0 Å². The summed E-state index contributed by atoms with van der Waals surface area (Å²) < 4.78 is 40.2. The minimum atomic E-state index is -4.01. The molecule has 0 radical (unpaired) electrons. The number of ether oxygens (including phenoxy) is 2. The van der Waals surface area contributed by atoms with Gasteiger partial charge in [-0.2, -0.15) is 8.42 Å². The molecule has 1 aliphatic carbocycles. The third kappa shape index (κ3) is 11.1. The summed E-state index contributed by atoms with van der Waals surface area (Å²) in [4.78, 5) is 23.8. The molecular formula is C28H36N2O7S3. The van der Waals surface area contributed by atoms with E-state index in [-0.39, 0.29) is 19.1 Å². The first-order chi connectivity index (χ1) is 18.9. The van der Waals surface area contributed by atoms with Crippen LogP contribution in [0.3, 0.4) is 0 Å². The molecule has 2 aromatic carbocycles. The van der Waals surface area contributed by atoms with Gasteiger partial charge in [-0.25, -0.2) is 0 Å². The number of esters is 2. The lowest BCUT2D eigenvalue weighted by Gasteiger charge is -2.29. The largest absolute Gasteiger partial charge is 0.460 e. The molecule has 5 N–H and O–H groups in total. The van der Waals surface area contributed by atoms with Gasteiger partial charge in [-0.3, -0.25) is 14.1 Å². The Labute approximate surface area is 243 Å². The van der Waals surface area contributed by atoms with Crippen LogP contribution in [-0.2, 0) is 42.4 Å². The molecule has 0 aromatic heterocycles. The molecule has 0 amide bonds. The molecule has 0 saturated heterocycles. The molecule has 0 heterocycles. The van der Waals surface area contributed by atoms with Crippen LogP contribution in [-0.4, -0.2) is 53.2 Å². The SMILES string of the molecule is CC1C=CC=CC1(C)S(=O)(=O)O.N[C@@H](CSSC[C@H](N)C(=O)OCc1ccccc1)C(=O)OCc1ccccc1. The number of nitrogens with two attached hydrogens (primary N) is 2. The van der Waals surface area contributed by atoms with Gasteiger partial charge in [0.15, 0.2) is 0 Å². The van der Waals surface area contributed by atoms with Crippen LogP contribution in [0.1, 0.15) is 25.0 Å². The van der Waals surface area contributed by atoms with E-state index in [0.29, 0.717) is 11.5 Å². The van der Waals surface area contributed by atoms with Crippen molar-refractivity contribution in [1.29, 1.82) is 0 Å². The van der Waals surface area contributed by atoms with Crippen LogP contribution in [0.4, 0.5) is 0 Å². The first kappa shape index (κ1) is 33.6. The minimum Gasteiger partial charge on any atom is -0.460 e. The van der Waals surface area contributed by atoms with Crippen molar-refractivity contribution in [3.05, 3.63) is 96.1 Å². The zero-order valence-corrected chi connectivity index (χ0v) is 24.9. The van der Waals surface area contributed by atoms with E-state index in [2.05, 4.69) is 0 Å². The van der Waals surface area contributed by atoms with E-state index in [9.17, 15) is 18.0 Å². The Balaban J connectivity index is 0.000000389. The zero-order valence-electron chi connectivity index (χ0n) is 22.4. The van der Waals surface area contributed by atoms with E-state index in [4.69, 9.17) is 25.5 Å². The second kappa shape index (κ2) is 16.6. The Morgan fingerprint density at radius 3 is 1.65 bits per heavy atom. The van der Waals surface area contributed by atoms with Crippen LogP contribution >= 0.6 is 21.6 Å². The fraction of sp³-hybridized carbons (Fsp3) is 0.357. The molecule has 0 saturated carbocycles. The molecular weight excluding hydrogens is 573 g/mol. The number of hydrogen-bond acceptors (Lipinski definition) is 10. The summed E-state index contributed by atoms with van der Waals surface area (Å²) in [6.07, 6.45) is 6.67. The smallest absolute Gasteiger partial charge is 0.324 e. The highest BCUT2D eigenvalue weighted by atomic mass is 33.1. The molecule has 2 unspecified atom stereocenters. The highest BCUT2D eigenvalue weighted by Crippen LogP contribution is 2.31. The molecule has 0 spiro atoms. The second-order valence-electron chi connectivity index (χ2n) is 9.16. The molecule has 0 bridgehead atoms. The van der Waals surface area contributed by atoms with Crippen molar-refractivity contribution >= 4 is 43.6 Å². The van der Waals surface area contributed by atoms with Crippen molar-refractivity contribution < 1.29 is 32.0 Å². The first-order valence-corrected chi connectivity index (χ1v) is 16.4. The summed E-state index contributed by atoms with van der Waals surface area (Å²) in [6.45, 7) is 3.66. The number of benzene rings is 2. The van der Waals surface area contributed by atoms with E-state index in [1.54, 1.807) is 25.2 Å². The van der Waals surface area contributed by atoms with E-state index in [0.717, 1.165) is 11.1 Å². The predicted octanol–water partition coefficient (Wildman–Crippen LogP) is 3.90. The zero-order chi connectivity index (χ0) is 29.6. The third-order valence-electron chi connectivity index (χ3n) is 6.03. The average molecular weight is 609 g/mol. The van der Waals surface area contributed by atoms with E-state index >= 15 is 0 Å². The summed E-state index contributed by atoms with van der Waals surface area (Å²) in [5.41, 5.74) is 13.5. The number of carbonyl (C=O) groups is 2. The van der Waals surface area contributed by atoms with E-state index in [1.165, 1.54) is 34.6 Å². The molecule has 2 aromatic rings. The topological polar surface area (TPSA) is 159 Å². The van der Waals surface area contributed by atoms with Crippen molar-refractivity contribution in [3.8, 4) is 0 Å². The first-order valence-electron chi connectivity index (χ1n) is 12.4. The number of carbonyl (C=O) groups excluding carboxylic acids is 2. The predicted molar refractivity (Wildman–Crippen MR) is 161 cm³/mol. The number of rotatable bonds is 12. The third-order valence-corrected chi connectivity index (χ3v) is 10.1. The molecule has 12 heteroatoms. The van der Waals surface area contributed by atoms with Gasteiger partial charge in [-0.05, 0) is 24.0 Å². The quantitative estimate of drug-likeness (QED) is 0.139. The van der Waals surface area contributed by atoms with Gasteiger partial charge in [0.05, 0.1) is 0 Å². The highest BCUT2D eigenvalue weighted by molar-refractivity contribution is 8.76. The maximum atomic E-state index is 11.9. The molecule has 3 rings (SSSR count). The molecule has 0 fully saturated rings. The van der Waals surface area contributed by atoms with Crippen molar-refractivity contribution in [3.63, 3.8) is 0 Å². The number of hydrogen-bond donors (Lipinski definition) is 3. The summed E-state index contributed by atoms with van der Waals surface area (Å²) in [7, 11) is -1.26. The fourth-order valence-electron chi connectivity index (χ4n) is 3.19. The number of allylic oxidation sites excluding steroid dienone is 3. The Morgan fingerprint density at radius 2 is 1.30 bits per heavy atom. The van der Waals surface area contributed by atoms with Gasteiger partial charge in [0, 0.05) is 11.5 Å². The van der Waals surface area contributed by atoms with Crippen LogP contribution in [0.15, 0.2) is 85.0 Å². The lowest BCUT2D eigenvalue weighted by Crippen LogP contribution is -2.39. The standard InChI is InChI=1S/C20H24N2O4S2.C8H12O3S/c21-17(19(23)25-11-15-7-3-1-4-8-15)13-27-28-14-18(22)20(24)26-12-16-9-5-2-6-10-16;1-7-5-3-4-6-8(7,2)12(9,10)11/h1-10,17-18H,11-14,21-22H2;3-7H,1-2H3,(H,9,10,11)/t17-,18-;/m0./s1. The lowest BCUT2D eigenvalue weighted by atomic mass is 9.91. The molecule has 1 aliphatic rings. The molecule has 218 valence electrons. The Kier molecular flexibility index (Phi) is 13.9. The average Bonchev–Trinajstić information content (AvgIpc) is 2.95. The normalized spacial score (nSPS) is 19.6. The molecule has 40 heavy (non-hydrogen) atoms. The van der Waals surface area contributed by atoms with Crippen LogP contribution < -0.4 is 11.5 Å². The Morgan fingerprint density at radius 1 is 0.875 bits per heavy atom. The summed E-state index contributed by atoms with van der Waals surface area (Å²) in [5, 5.41) is 0. The minimum absolute atomic E-state index is 0.197. The maximum Gasteiger partial charge on any atom is 0.324 e. The van der Waals surface area contributed by atoms with E-state index < -0.39 is 38.9 Å². The molecule has 4 atom stereocenters. The van der Waals surface area contributed by atoms with Crippen molar-refractivity contribution in [2.45, 2.75) is 43.9 Å². The summed E-state index contributed by atoms with van der Waals surface area (Å²) >= 11 is 0. The second-order valence-corrected chi connectivity index (χ2v) is 13.5. The Hall–Kier alpha value is -2.61. The monoisotopic (exact) mass is 608 g/mol. The lowest BCUT2D eigenvalue weighted by molar-refractivity contribution is -0.146. The van der Waals surface area contributed by atoms with Gasteiger partial charge in [-0.1, -0.05) is 113 Å². The van der Waals surface area contributed by atoms with Gasteiger partial charge in [0.2, 0.25) is 0 Å². The van der Waals surface area contributed by atoms with Crippen molar-refractivity contribution in [1.82, 2.24) is 0 Å². The summed E-state index contributed by atoms with van der Waals surface area (Å²) in [5.74, 6) is -0.377. The van der Waals surface area contributed by atoms with Crippen LogP contribution in [0, 0.1) is 5.92 Å². The molecule has 0 aliphatic heterocycles. The van der Waals surface area contributed by atoms with Gasteiger partial charge in [-0.15, -0.1) is 0 Å². The van der Waals surface area contributed by atoms with Gasteiger partial charge in [0.25, 0.3) is 10.1 Å². The Bertz CT molecular complexity index is 1180. The fourth-order valence-corrected chi connectivity index (χ4v) is 6.21. The van der Waals surface area contributed by atoms with Crippen LogP contribution in [0.25, 0.3) is 0 Å². The van der Waals surface area contributed by atoms with Gasteiger partial charge < -0.3 is 20.9 Å². The van der Waals surface area contributed by atoms with E-state index in [1.807, 2.05) is 60.7 Å². The summed E-state index contributed by atoms with van der Waals surface area (Å²) in [6, 6.07) is 17.3.